The van der Waals surface area contributed by atoms with Crippen LogP contribution in [-0.2, 0) is 0 Å². The zero-order valence-corrected chi connectivity index (χ0v) is 7.36. The van der Waals surface area contributed by atoms with Crippen LogP contribution in [0, 0.1) is 0 Å². The van der Waals surface area contributed by atoms with Crippen molar-refractivity contribution in [1.82, 2.24) is 10.4 Å². The normalized spacial score (nSPS) is 10.7. The van der Waals surface area contributed by atoms with Gasteiger partial charge in [-0.1, -0.05) is 18.5 Å². The van der Waals surface area contributed by atoms with Crippen molar-refractivity contribution >= 4 is 22.9 Å². The summed E-state index contributed by atoms with van der Waals surface area (Å²) in [6.07, 6.45) is 0. The summed E-state index contributed by atoms with van der Waals surface area (Å²) in [6, 6.07) is 0. The largest absolute Gasteiger partial charge is 0.331 e. The van der Waals surface area contributed by atoms with Gasteiger partial charge in [0.25, 0.3) is 5.27 Å². The quantitative estimate of drug-likeness (QED) is 0.678. The van der Waals surface area contributed by atoms with Gasteiger partial charge in [-0.05, 0) is 2.95 Å². The second-order valence-electron chi connectivity index (χ2n) is 2.02. The Hall–Kier alpha value is -0.200. The molecule has 0 saturated heterocycles. The van der Waals surface area contributed by atoms with Crippen molar-refractivity contribution in [2.45, 2.75) is 19.8 Å². The molecule has 1 aromatic heterocycles. The average molecular weight is 240 g/mol. The van der Waals surface area contributed by atoms with E-state index < -0.39 is 0 Å². The molecule has 4 nitrogen and oxygen atoms in total. The molecule has 5 heteroatoms. The van der Waals surface area contributed by atoms with E-state index in [1.165, 1.54) is 2.95 Å². The van der Waals surface area contributed by atoms with Crippen LogP contribution in [0.1, 0.15) is 25.6 Å². The maximum absolute atomic E-state index is 4.67. The van der Waals surface area contributed by atoms with E-state index in [2.05, 4.69) is 15.0 Å². The predicted octanol–water partition coefficient (Wildman–Crippen LogP) is 0.679. The second-order valence-corrected chi connectivity index (χ2v) is 2.90. The smallest absolute Gasteiger partial charge is 0.0913 e. The van der Waals surface area contributed by atoms with Crippen molar-refractivity contribution in [1.29, 1.82) is 0 Å². The Morgan fingerprint density at radius 1 is 1.67 bits per heavy atom. The topological polar surface area (TPSA) is 42.8 Å². The SMILES string of the molecule is CC(C)c1nno[n+]1I. The van der Waals surface area contributed by atoms with Gasteiger partial charge in [0.05, 0.1) is 5.92 Å². The van der Waals surface area contributed by atoms with Crippen molar-refractivity contribution < 1.29 is 7.58 Å². The summed E-state index contributed by atoms with van der Waals surface area (Å²) in [5.41, 5.74) is 0. The van der Waals surface area contributed by atoms with E-state index in [1.807, 2.05) is 36.7 Å². The molecule has 0 aliphatic carbocycles. The Morgan fingerprint density at radius 3 is 2.56 bits per heavy atom. The van der Waals surface area contributed by atoms with Crippen molar-refractivity contribution in [2.75, 3.05) is 0 Å². The van der Waals surface area contributed by atoms with Crippen molar-refractivity contribution in [3.63, 3.8) is 0 Å². The second kappa shape index (κ2) is 2.59. The first kappa shape index (κ1) is 6.91. The lowest BCUT2D eigenvalue weighted by atomic mass is 10.2. The van der Waals surface area contributed by atoms with E-state index in [9.17, 15) is 0 Å². The molecule has 0 saturated carbocycles. The fourth-order valence-corrected chi connectivity index (χ4v) is 1.22. The summed E-state index contributed by atoms with van der Waals surface area (Å²) >= 11 is 2.00. The highest BCUT2D eigenvalue weighted by Crippen LogP contribution is 2.04. The van der Waals surface area contributed by atoms with Gasteiger partial charge in [-0.15, -0.1) is 0 Å². The van der Waals surface area contributed by atoms with Gasteiger partial charge >= 0.3 is 5.82 Å². The lowest BCUT2D eigenvalue weighted by Crippen LogP contribution is -2.22. The third kappa shape index (κ3) is 1.38. The Bertz CT molecular complexity index is 197. The molecule has 50 valence electrons. The third-order valence-corrected chi connectivity index (χ3v) is 1.62. The molecule has 0 atom stereocenters. The van der Waals surface area contributed by atoms with Crippen molar-refractivity contribution in [3.8, 4) is 0 Å². The maximum atomic E-state index is 4.67. The molecule has 0 amide bonds. The molecule has 1 rings (SSSR count). The molecular formula is C4H7IN3O+. The van der Waals surface area contributed by atoms with Gasteiger partial charge in [-0.3, -0.25) is 0 Å². The zero-order valence-electron chi connectivity index (χ0n) is 5.21. The van der Waals surface area contributed by atoms with Crippen LogP contribution in [0.25, 0.3) is 0 Å². The van der Waals surface area contributed by atoms with E-state index in [4.69, 9.17) is 0 Å². The summed E-state index contributed by atoms with van der Waals surface area (Å²) in [5, 5.41) is 7.13. The van der Waals surface area contributed by atoms with Gasteiger partial charge in [0, 0.05) is 0 Å². The van der Waals surface area contributed by atoms with Crippen molar-refractivity contribution in [3.05, 3.63) is 5.82 Å². The minimum atomic E-state index is 0.369. The number of halogens is 1. The first-order valence-corrected chi connectivity index (χ1v) is 3.59. The highest BCUT2D eigenvalue weighted by Gasteiger charge is 2.18. The maximum Gasteiger partial charge on any atom is 0.331 e. The van der Waals surface area contributed by atoms with Crippen LogP contribution in [-0.4, -0.2) is 10.4 Å². The first-order chi connectivity index (χ1) is 4.22. The number of nitrogens with zero attached hydrogens (tertiary/aromatic N) is 3. The number of hydrogen-bond acceptors (Lipinski definition) is 3. The van der Waals surface area contributed by atoms with Gasteiger partial charge in [0.15, 0.2) is 0 Å². The molecule has 0 fully saturated rings. The first-order valence-electron chi connectivity index (χ1n) is 2.62. The molecule has 1 aromatic rings. The zero-order chi connectivity index (χ0) is 6.85. The van der Waals surface area contributed by atoms with Crippen molar-refractivity contribution in [2.24, 2.45) is 0 Å². The molecule has 9 heavy (non-hydrogen) atoms. The Morgan fingerprint density at radius 2 is 2.33 bits per heavy atom. The molecule has 0 spiro atoms. The summed E-state index contributed by atoms with van der Waals surface area (Å²) in [7, 11) is 0. The van der Waals surface area contributed by atoms with Crippen LogP contribution in [0.3, 0.4) is 0 Å². The van der Waals surface area contributed by atoms with Crippen LogP contribution in [0.2, 0.25) is 0 Å². The fourth-order valence-electron chi connectivity index (χ4n) is 0.488. The lowest BCUT2D eigenvalue weighted by molar-refractivity contribution is -0.680. The molecule has 0 aromatic carbocycles. The van der Waals surface area contributed by atoms with Gasteiger partial charge < -0.3 is 0 Å². The Balaban J connectivity index is 2.94. The van der Waals surface area contributed by atoms with Gasteiger partial charge in [0.1, 0.15) is 5.10 Å². The van der Waals surface area contributed by atoms with Gasteiger partial charge in [-0.25, -0.2) is 0 Å². The minimum absolute atomic E-state index is 0.369. The number of rotatable bonds is 1. The summed E-state index contributed by atoms with van der Waals surface area (Å²) < 4.78 is 6.20. The fraction of sp³-hybridized carbons (Fsp3) is 0.750. The molecule has 0 radical (unpaired) electrons. The molecule has 0 bridgehead atoms. The van der Waals surface area contributed by atoms with E-state index in [1.54, 1.807) is 0 Å². The van der Waals surface area contributed by atoms with E-state index in [-0.39, 0.29) is 0 Å². The summed E-state index contributed by atoms with van der Waals surface area (Å²) in [6.45, 7) is 4.07. The van der Waals surface area contributed by atoms with Gasteiger partial charge in [0.2, 0.25) is 22.9 Å². The molecule has 0 aliphatic rings. The molecular weight excluding hydrogens is 233 g/mol. The monoisotopic (exact) mass is 240 g/mol. The minimum Gasteiger partial charge on any atom is -0.0913 e. The standard InChI is InChI=1S/C4H7IN3O/c1-3(2)4-6-7-9-8(4)5/h3H,1-2H3/q+1. The number of hydrogen-bond donors (Lipinski definition) is 0. The lowest BCUT2D eigenvalue weighted by Gasteiger charge is -1.87. The van der Waals surface area contributed by atoms with Crippen LogP contribution >= 0.6 is 22.9 Å². The molecule has 1 heterocycles. The Kier molecular flexibility index (Phi) is 1.99. The summed E-state index contributed by atoms with van der Waals surface area (Å²) in [4.78, 5) is 0. The van der Waals surface area contributed by atoms with Crippen LogP contribution in [0.5, 0.6) is 0 Å². The number of aromatic nitrogens is 3. The van der Waals surface area contributed by atoms with Crippen LogP contribution < -0.4 is 2.95 Å². The highest BCUT2D eigenvalue weighted by molar-refractivity contribution is 14.1. The molecule has 0 aliphatic heterocycles. The van der Waals surface area contributed by atoms with E-state index in [0.29, 0.717) is 5.92 Å². The van der Waals surface area contributed by atoms with E-state index in [0.717, 1.165) is 5.82 Å². The Labute approximate surface area is 66.7 Å². The molecule has 0 unspecified atom stereocenters. The predicted molar refractivity (Wildman–Crippen MR) is 38.0 cm³/mol. The van der Waals surface area contributed by atoms with Gasteiger partial charge in [-0.2, -0.15) is 0 Å². The highest BCUT2D eigenvalue weighted by atomic mass is 127. The van der Waals surface area contributed by atoms with Crippen LogP contribution in [0.15, 0.2) is 4.63 Å². The van der Waals surface area contributed by atoms with Crippen LogP contribution in [0.4, 0.5) is 0 Å². The molecule has 0 N–H and O–H groups in total. The third-order valence-electron chi connectivity index (χ3n) is 0.948. The average Bonchev–Trinajstić information content (AvgIpc) is 2.13. The summed E-state index contributed by atoms with van der Waals surface area (Å²) in [5.74, 6) is 1.23. The van der Waals surface area contributed by atoms with E-state index >= 15 is 0 Å².